The van der Waals surface area contributed by atoms with Crippen molar-refractivity contribution in [1.82, 2.24) is 5.32 Å². The van der Waals surface area contributed by atoms with Crippen molar-refractivity contribution in [2.45, 2.75) is 51.5 Å². The Morgan fingerprint density at radius 1 is 1.25 bits per heavy atom. The SMILES string of the molecule is Cc1ccc2c(c1)N(C(=O)C(=O)NC1CCCCCC1CO)CC2. The second kappa shape index (κ2) is 7.34. The number of carbonyl (C=O) groups excluding carboxylic acids is 2. The zero-order chi connectivity index (χ0) is 17.1. The molecule has 0 aromatic heterocycles. The smallest absolute Gasteiger partial charge is 0.316 e. The maximum Gasteiger partial charge on any atom is 0.316 e. The number of anilines is 1. The highest BCUT2D eigenvalue weighted by Gasteiger charge is 2.32. The predicted octanol–water partition coefficient (Wildman–Crippen LogP) is 1.94. The number of benzene rings is 1. The highest BCUT2D eigenvalue weighted by molar-refractivity contribution is 6.40. The van der Waals surface area contributed by atoms with E-state index in [0.717, 1.165) is 55.3 Å². The van der Waals surface area contributed by atoms with Gasteiger partial charge in [0, 0.05) is 30.8 Å². The molecule has 1 aromatic carbocycles. The number of fused-ring (bicyclic) bond motifs is 1. The molecule has 1 aliphatic carbocycles. The van der Waals surface area contributed by atoms with E-state index >= 15 is 0 Å². The van der Waals surface area contributed by atoms with Gasteiger partial charge in [-0.25, -0.2) is 0 Å². The fourth-order valence-electron chi connectivity index (χ4n) is 3.85. The summed E-state index contributed by atoms with van der Waals surface area (Å²) < 4.78 is 0. The van der Waals surface area contributed by atoms with Gasteiger partial charge in [0.1, 0.15) is 0 Å². The highest BCUT2D eigenvalue weighted by atomic mass is 16.3. The molecule has 1 aliphatic heterocycles. The van der Waals surface area contributed by atoms with Crippen LogP contribution in [0.5, 0.6) is 0 Å². The van der Waals surface area contributed by atoms with Gasteiger partial charge in [-0.05, 0) is 43.4 Å². The van der Waals surface area contributed by atoms with Gasteiger partial charge in [-0.1, -0.05) is 31.4 Å². The Labute approximate surface area is 143 Å². The van der Waals surface area contributed by atoms with Crippen LogP contribution in [0.2, 0.25) is 0 Å². The number of nitrogens with one attached hydrogen (secondary N) is 1. The number of hydrogen-bond donors (Lipinski definition) is 2. The Bertz CT molecular complexity index is 629. The summed E-state index contributed by atoms with van der Waals surface area (Å²) in [5, 5.41) is 12.5. The first-order valence-corrected chi connectivity index (χ1v) is 8.93. The van der Waals surface area contributed by atoms with E-state index in [1.54, 1.807) is 4.90 Å². The summed E-state index contributed by atoms with van der Waals surface area (Å²) in [5.41, 5.74) is 3.05. The van der Waals surface area contributed by atoms with Crippen molar-refractivity contribution in [3.8, 4) is 0 Å². The monoisotopic (exact) mass is 330 g/mol. The number of hydrogen-bond acceptors (Lipinski definition) is 3. The van der Waals surface area contributed by atoms with Gasteiger partial charge in [-0.2, -0.15) is 0 Å². The summed E-state index contributed by atoms with van der Waals surface area (Å²) in [6.07, 6.45) is 5.75. The third-order valence-electron chi connectivity index (χ3n) is 5.29. The summed E-state index contributed by atoms with van der Waals surface area (Å²) in [6, 6.07) is 5.93. The van der Waals surface area contributed by atoms with Crippen LogP contribution in [0.1, 0.15) is 43.2 Å². The zero-order valence-corrected chi connectivity index (χ0v) is 14.3. The zero-order valence-electron chi connectivity index (χ0n) is 14.3. The molecule has 2 unspecified atom stereocenters. The fourth-order valence-corrected chi connectivity index (χ4v) is 3.85. The van der Waals surface area contributed by atoms with Crippen molar-refractivity contribution in [1.29, 1.82) is 0 Å². The average molecular weight is 330 g/mol. The maximum atomic E-state index is 12.6. The minimum Gasteiger partial charge on any atom is -0.396 e. The van der Waals surface area contributed by atoms with Gasteiger partial charge in [0.15, 0.2) is 0 Å². The third-order valence-corrected chi connectivity index (χ3v) is 5.29. The summed E-state index contributed by atoms with van der Waals surface area (Å²) in [4.78, 5) is 26.7. The van der Waals surface area contributed by atoms with Gasteiger partial charge in [0.05, 0.1) is 0 Å². The quantitative estimate of drug-likeness (QED) is 0.643. The van der Waals surface area contributed by atoms with Crippen LogP contribution in [0, 0.1) is 12.8 Å². The second-order valence-corrected chi connectivity index (χ2v) is 7.00. The van der Waals surface area contributed by atoms with Gasteiger partial charge in [-0.3, -0.25) is 9.59 Å². The summed E-state index contributed by atoms with van der Waals surface area (Å²) in [7, 11) is 0. The Balaban J connectivity index is 1.69. The molecule has 24 heavy (non-hydrogen) atoms. The first-order valence-electron chi connectivity index (χ1n) is 8.93. The molecule has 1 heterocycles. The van der Waals surface area contributed by atoms with Gasteiger partial charge >= 0.3 is 11.8 Å². The topological polar surface area (TPSA) is 69.6 Å². The maximum absolute atomic E-state index is 12.6. The van der Waals surface area contributed by atoms with Gasteiger partial charge < -0.3 is 15.3 Å². The van der Waals surface area contributed by atoms with Crippen LogP contribution in [-0.2, 0) is 16.0 Å². The van der Waals surface area contributed by atoms with E-state index in [2.05, 4.69) is 5.32 Å². The largest absolute Gasteiger partial charge is 0.396 e. The molecule has 2 N–H and O–H groups in total. The van der Waals surface area contributed by atoms with Crippen LogP contribution in [0.3, 0.4) is 0 Å². The molecule has 0 saturated heterocycles. The first kappa shape index (κ1) is 17.0. The molecule has 5 nitrogen and oxygen atoms in total. The molecule has 0 radical (unpaired) electrons. The lowest BCUT2D eigenvalue weighted by atomic mass is 9.95. The van der Waals surface area contributed by atoms with Crippen LogP contribution < -0.4 is 10.2 Å². The molecule has 2 amide bonds. The van der Waals surface area contributed by atoms with E-state index in [9.17, 15) is 14.7 Å². The van der Waals surface area contributed by atoms with E-state index in [4.69, 9.17) is 0 Å². The number of aryl methyl sites for hydroxylation is 1. The molecule has 1 fully saturated rings. The van der Waals surface area contributed by atoms with Crippen molar-refractivity contribution in [3.05, 3.63) is 29.3 Å². The molecular weight excluding hydrogens is 304 g/mol. The predicted molar refractivity (Wildman–Crippen MR) is 92.8 cm³/mol. The van der Waals surface area contributed by atoms with E-state index < -0.39 is 11.8 Å². The lowest BCUT2D eigenvalue weighted by molar-refractivity contribution is -0.138. The molecule has 2 aliphatic rings. The summed E-state index contributed by atoms with van der Waals surface area (Å²) in [5.74, 6) is -0.979. The van der Waals surface area contributed by atoms with Crippen LogP contribution in [0.15, 0.2) is 18.2 Å². The molecule has 2 atom stereocenters. The molecule has 0 bridgehead atoms. The molecule has 1 saturated carbocycles. The second-order valence-electron chi connectivity index (χ2n) is 7.00. The number of rotatable bonds is 2. The lowest BCUT2D eigenvalue weighted by Gasteiger charge is -2.25. The standard InChI is InChI=1S/C19H26N2O3/c1-13-7-8-14-9-10-21(17(14)11-13)19(24)18(23)20-16-6-4-2-3-5-15(16)12-22/h7-8,11,15-16,22H,2-6,9-10,12H2,1H3,(H,20,23). The van der Waals surface area contributed by atoms with E-state index in [1.165, 1.54) is 0 Å². The van der Waals surface area contributed by atoms with Crippen molar-refractivity contribution in [3.63, 3.8) is 0 Å². The van der Waals surface area contributed by atoms with E-state index in [1.807, 2.05) is 25.1 Å². The van der Waals surface area contributed by atoms with Crippen LogP contribution >= 0.6 is 0 Å². The third kappa shape index (κ3) is 3.46. The molecular formula is C19H26N2O3. The Hall–Kier alpha value is -1.88. The fraction of sp³-hybridized carbons (Fsp3) is 0.579. The Morgan fingerprint density at radius 2 is 2.04 bits per heavy atom. The van der Waals surface area contributed by atoms with Gasteiger partial charge in [0.25, 0.3) is 0 Å². The molecule has 5 heteroatoms. The summed E-state index contributed by atoms with van der Waals surface area (Å²) in [6.45, 7) is 2.60. The van der Waals surface area contributed by atoms with Crippen LogP contribution in [0.25, 0.3) is 0 Å². The van der Waals surface area contributed by atoms with Crippen LogP contribution in [-0.4, -0.2) is 36.1 Å². The minimum atomic E-state index is -0.547. The number of carbonyl (C=O) groups is 2. The van der Waals surface area contributed by atoms with E-state index in [0.29, 0.717) is 6.54 Å². The molecule has 3 rings (SSSR count). The highest BCUT2D eigenvalue weighted by Crippen LogP contribution is 2.29. The number of aliphatic hydroxyl groups excluding tert-OH is 1. The van der Waals surface area contributed by atoms with Crippen LogP contribution in [0.4, 0.5) is 5.69 Å². The lowest BCUT2D eigenvalue weighted by Crippen LogP contribution is -2.48. The molecule has 0 spiro atoms. The Kier molecular flexibility index (Phi) is 5.19. The molecule has 1 aromatic rings. The average Bonchev–Trinajstić information content (AvgIpc) is 2.85. The summed E-state index contributed by atoms with van der Waals surface area (Å²) >= 11 is 0. The number of amides is 2. The number of nitrogens with zero attached hydrogens (tertiary/aromatic N) is 1. The number of aliphatic hydroxyl groups is 1. The minimum absolute atomic E-state index is 0.0531. The normalized spacial score (nSPS) is 23.5. The van der Waals surface area contributed by atoms with E-state index in [-0.39, 0.29) is 18.6 Å². The van der Waals surface area contributed by atoms with Gasteiger partial charge in [-0.15, -0.1) is 0 Å². The van der Waals surface area contributed by atoms with Crippen molar-refractivity contribution >= 4 is 17.5 Å². The van der Waals surface area contributed by atoms with Crippen molar-refractivity contribution in [2.24, 2.45) is 5.92 Å². The van der Waals surface area contributed by atoms with Crippen molar-refractivity contribution < 1.29 is 14.7 Å². The van der Waals surface area contributed by atoms with Crippen molar-refractivity contribution in [2.75, 3.05) is 18.1 Å². The first-order chi connectivity index (χ1) is 11.6. The van der Waals surface area contributed by atoms with Gasteiger partial charge in [0.2, 0.25) is 0 Å². The molecule has 130 valence electrons. The Morgan fingerprint density at radius 3 is 2.83 bits per heavy atom.